The lowest BCUT2D eigenvalue weighted by Gasteiger charge is -2.03. The molecule has 0 amide bonds. The maximum atomic E-state index is 5.95. The monoisotopic (exact) mass is 386 g/mol. The second-order valence-corrected chi connectivity index (χ2v) is 7.91. The average molecular weight is 387 g/mol. The molecule has 4 N–H and O–H groups in total. The van der Waals surface area contributed by atoms with E-state index in [0.29, 0.717) is 10.3 Å². The highest BCUT2D eigenvalue weighted by Crippen LogP contribution is 2.16. The minimum Gasteiger partial charge on any atom is -0.378 e. The van der Waals surface area contributed by atoms with Gasteiger partial charge in [-0.2, -0.15) is 0 Å². The first-order valence-corrected chi connectivity index (χ1v) is 10.7. The molecule has 138 valence electrons. The second-order valence-electron chi connectivity index (χ2n) is 5.68. The normalized spacial score (nSPS) is 12.3. The zero-order valence-corrected chi connectivity index (χ0v) is 16.5. The number of hydrogen-bond donors (Lipinski definition) is 2. The largest absolute Gasteiger partial charge is 0.378 e. The number of aliphatic imine (C=N–C) groups is 2. The van der Waals surface area contributed by atoms with Crippen LogP contribution in [-0.2, 0) is 0 Å². The summed E-state index contributed by atoms with van der Waals surface area (Å²) in [4.78, 5) is 8.77. The van der Waals surface area contributed by atoms with Crippen LogP contribution in [0, 0.1) is 0 Å². The Morgan fingerprint density at radius 3 is 1.38 bits per heavy atom. The third-order valence-electron chi connectivity index (χ3n) is 3.53. The van der Waals surface area contributed by atoms with Crippen molar-refractivity contribution < 1.29 is 0 Å². The molecule has 0 unspecified atom stereocenters. The summed E-state index contributed by atoms with van der Waals surface area (Å²) in [5, 5.41) is 1.27. The van der Waals surface area contributed by atoms with Gasteiger partial charge in [-0.05, 0) is 37.1 Å². The molecule has 26 heavy (non-hydrogen) atoms. The molecule has 0 aliphatic carbocycles. The Hall–Kier alpha value is -1.92. The maximum absolute atomic E-state index is 5.95. The molecule has 0 aromatic heterocycles. The number of rotatable bonds is 9. The van der Waals surface area contributed by atoms with Crippen LogP contribution in [0.25, 0.3) is 0 Å². The number of amidine groups is 2. The van der Waals surface area contributed by atoms with Gasteiger partial charge in [-0.3, -0.25) is 0 Å². The molecule has 2 aromatic carbocycles. The van der Waals surface area contributed by atoms with E-state index in [4.69, 9.17) is 11.5 Å². The number of unbranched alkanes of at least 4 members (excludes halogenated alkanes) is 3. The highest BCUT2D eigenvalue weighted by molar-refractivity contribution is 8.14. The minimum absolute atomic E-state index is 0.636. The van der Waals surface area contributed by atoms with Crippen molar-refractivity contribution in [2.45, 2.75) is 25.7 Å². The van der Waals surface area contributed by atoms with Gasteiger partial charge < -0.3 is 11.5 Å². The van der Waals surface area contributed by atoms with Gasteiger partial charge >= 0.3 is 0 Å². The van der Waals surface area contributed by atoms with Crippen LogP contribution >= 0.6 is 23.5 Å². The Morgan fingerprint density at radius 2 is 1.00 bits per heavy atom. The summed E-state index contributed by atoms with van der Waals surface area (Å²) in [6, 6.07) is 19.6. The molecule has 2 aromatic rings. The molecule has 0 atom stereocenters. The van der Waals surface area contributed by atoms with Crippen molar-refractivity contribution in [3.8, 4) is 0 Å². The lowest BCUT2D eigenvalue weighted by atomic mass is 10.2. The molecule has 0 aliphatic rings. The molecule has 0 spiro atoms. The van der Waals surface area contributed by atoms with Crippen LogP contribution in [0.1, 0.15) is 25.7 Å². The SMILES string of the molecule is NC(=Nc1ccccc1)SCCCCCCSC(N)=Nc1ccccc1. The topological polar surface area (TPSA) is 76.8 Å². The van der Waals surface area contributed by atoms with Crippen LogP contribution in [0.5, 0.6) is 0 Å². The fraction of sp³-hybridized carbons (Fsp3) is 0.300. The van der Waals surface area contributed by atoms with Gasteiger partial charge in [0.15, 0.2) is 10.3 Å². The van der Waals surface area contributed by atoms with Crippen molar-refractivity contribution >= 4 is 45.2 Å². The van der Waals surface area contributed by atoms with E-state index in [9.17, 15) is 0 Å². The van der Waals surface area contributed by atoms with Gasteiger partial charge in [0.1, 0.15) is 0 Å². The molecule has 0 radical (unpaired) electrons. The quantitative estimate of drug-likeness (QED) is 0.348. The molecular formula is C20H26N4S2. The third kappa shape index (κ3) is 8.97. The average Bonchev–Trinajstić information content (AvgIpc) is 2.65. The Balaban J connectivity index is 1.50. The van der Waals surface area contributed by atoms with Crippen molar-refractivity contribution in [1.29, 1.82) is 0 Å². The lowest BCUT2D eigenvalue weighted by Crippen LogP contribution is -2.07. The first-order chi connectivity index (χ1) is 12.7. The molecule has 0 heterocycles. The van der Waals surface area contributed by atoms with Crippen LogP contribution in [0.3, 0.4) is 0 Å². The molecule has 6 heteroatoms. The summed E-state index contributed by atoms with van der Waals surface area (Å²) in [6.45, 7) is 0. The van der Waals surface area contributed by atoms with Gasteiger partial charge in [-0.1, -0.05) is 72.8 Å². The number of thioether (sulfide) groups is 2. The fourth-order valence-electron chi connectivity index (χ4n) is 2.24. The molecule has 4 nitrogen and oxygen atoms in total. The van der Waals surface area contributed by atoms with E-state index in [1.165, 1.54) is 12.8 Å². The molecule has 0 saturated heterocycles. The second kappa shape index (κ2) is 12.4. The smallest absolute Gasteiger partial charge is 0.159 e. The number of nitrogens with zero attached hydrogens (tertiary/aromatic N) is 2. The summed E-state index contributed by atoms with van der Waals surface area (Å²) < 4.78 is 0. The van der Waals surface area contributed by atoms with Gasteiger partial charge in [0.05, 0.1) is 11.4 Å². The number of benzene rings is 2. The number of para-hydroxylation sites is 2. The van der Waals surface area contributed by atoms with Crippen molar-refractivity contribution in [3.63, 3.8) is 0 Å². The van der Waals surface area contributed by atoms with Crippen LogP contribution < -0.4 is 11.5 Å². The number of hydrogen-bond acceptors (Lipinski definition) is 4. The summed E-state index contributed by atoms with van der Waals surface area (Å²) in [5.74, 6) is 2.01. The van der Waals surface area contributed by atoms with E-state index in [-0.39, 0.29) is 0 Å². The Morgan fingerprint density at radius 1 is 0.615 bits per heavy atom. The summed E-state index contributed by atoms with van der Waals surface area (Å²) in [7, 11) is 0. The fourth-order valence-corrected chi connectivity index (χ4v) is 3.69. The summed E-state index contributed by atoms with van der Waals surface area (Å²) in [6.07, 6.45) is 4.69. The van der Waals surface area contributed by atoms with E-state index in [1.807, 2.05) is 60.7 Å². The van der Waals surface area contributed by atoms with Crippen LogP contribution in [0.4, 0.5) is 11.4 Å². The predicted molar refractivity (Wildman–Crippen MR) is 119 cm³/mol. The molecule has 0 fully saturated rings. The van der Waals surface area contributed by atoms with E-state index in [1.54, 1.807) is 23.5 Å². The van der Waals surface area contributed by atoms with Gasteiger partial charge in [0.25, 0.3) is 0 Å². The zero-order valence-electron chi connectivity index (χ0n) is 14.9. The molecular weight excluding hydrogens is 360 g/mol. The first kappa shape index (κ1) is 20.4. The van der Waals surface area contributed by atoms with E-state index in [2.05, 4.69) is 9.98 Å². The van der Waals surface area contributed by atoms with E-state index >= 15 is 0 Å². The number of nitrogens with two attached hydrogens (primary N) is 2. The Kier molecular flexibility index (Phi) is 9.75. The van der Waals surface area contributed by atoms with Crippen molar-refractivity contribution in [1.82, 2.24) is 0 Å². The van der Waals surface area contributed by atoms with E-state index < -0.39 is 0 Å². The maximum Gasteiger partial charge on any atom is 0.159 e. The standard InChI is InChI=1S/C20H26N4S2/c21-19(23-17-11-5-3-6-12-17)25-15-9-1-2-10-16-26-20(22)24-18-13-7-4-8-14-18/h3-8,11-14H,1-2,9-10,15-16H2,(H2,21,23)(H2,22,24). The zero-order chi connectivity index (χ0) is 18.5. The minimum atomic E-state index is 0.636. The summed E-state index contributed by atoms with van der Waals surface area (Å²) in [5.41, 5.74) is 13.7. The van der Waals surface area contributed by atoms with Crippen molar-refractivity contribution in [2.75, 3.05) is 11.5 Å². The van der Waals surface area contributed by atoms with Gasteiger partial charge in [0, 0.05) is 11.5 Å². The van der Waals surface area contributed by atoms with Crippen LogP contribution in [-0.4, -0.2) is 21.8 Å². The highest BCUT2D eigenvalue weighted by Gasteiger charge is 1.98. The molecule has 0 aliphatic heterocycles. The Labute approximate surface area is 164 Å². The van der Waals surface area contributed by atoms with Crippen LogP contribution in [0.15, 0.2) is 70.6 Å². The lowest BCUT2D eigenvalue weighted by molar-refractivity contribution is 0.712. The van der Waals surface area contributed by atoms with Crippen molar-refractivity contribution in [2.24, 2.45) is 21.5 Å². The predicted octanol–water partition coefficient (Wildman–Crippen LogP) is 5.31. The molecule has 2 rings (SSSR count). The molecule has 0 bridgehead atoms. The van der Waals surface area contributed by atoms with Gasteiger partial charge in [0.2, 0.25) is 0 Å². The molecule has 0 saturated carbocycles. The summed E-state index contributed by atoms with van der Waals surface area (Å²) >= 11 is 3.25. The van der Waals surface area contributed by atoms with E-state index in [0.717, 1.165) is 35.7 Å². The highest BCUT2D eigenvalue weighted by atomic mass is 32.2. The third-order valence-corrected chi connectivity index (χ3v) is 5.29. The van der Waals surface area contributed by atoms with Gasteiger partial charge in [-0.15, -0.1) is 0 Å². The van der Waals surface area contributed by atoms with Crippen LogP contribution in [0.2, 0.25) is 0 Å². The first-order valence-electron chi connectivity index (χ1n) is 8.78. The Bertz CT molecular complexity index is 626. The van der Waals surface area contributed by atoms with Crippen molar-refractivity contribution in [3.05, 3.63) is 60.7 Å². The van der Waals surface area contributed by atoms with Gasteiger partial charge in [-0.25, -0.2) is 9.98 Å².